The first kappa shape index (κ1) is 11.5. The van der Waals surface area contributed by atoms with Crippen molar-refractivity contribution in [3.63, 3.8) is 0 Å². The van der Waals surface area contributed by atoms with E-state index in [-0.39, 0.29) is 0 Å². The standard InChI is InChI=1S/C13H14N2O2/c16-13(12-10-14-7-8-15-12)6-9-17-11-4-2-1-3-5-11/h1-5,7-8,10,13,16H,6,9H2. The first-order valence-corrected chi connectivity index (χ1v) is 5.48. The number of aliphatic hydroxyl groups is 1. The van der Waals surface area contributed by atoms with Crippen molar-refractivity contribution in [2.75, 3.05) is 6.61 Å². The van der Waals surface area contributed by atoms with Crippen molar-refractivity contribution in [1.29, 1.82) is 0 Å². The van der Waals surface area contributed by atoms with E-state index >= 15 is 0 Å². The summed E-state index contributed by atoms with van der Waals surface area (Å²) in [5.41, 5.74) is 0.573. The van der Waals surface area contributed by atoms with Gasteiger partial charge in [0.05, 0.1) is 18.5 Å². The third-order valence-electron chi connectivity index (χ3n) is 2.33. The van der Waals surface area contributed by atoms with Crippen LogP contribution in [0.15, 0.2) is 48.9 Å². The molecule has 1 aromatic carbocycles. The molecule has 0 amide bonds. The summed E-state index contributed by atoms with van der Waals surface area (Å²) in [4.78, 5) is 7.94. The molecule has 0 aliphatic rings. The van der Waals surface area contributed by atoms with E-state index in [2.05, 4.69) is 9.97 Å². The molecule has 0 radical (unpaired) electrons. The molecule has 1 atom stereocenters. The van der Waals surface area contributed by atoms with Gasteiger partial charge in [0.2, 0.25) is 0 Å². The number of hydrogen-bond donors (Lipinski definition) is 1. The molecular formula is C13H14N2O2. The van der Waals surface area contributed by atoms with Crippen LogP contribution < -0.4 is 4.74 Å². The fourth-order valence-electron chi connectivity index (χ4n) is 1.44. The van der Waals surface area contributed by atoms with E-state index < -0.39 is 6.10 Å². The molecule has 1 aromatic heterocycles. The molecule has 0 fully saturated rings. The zero-order valence-corrected chi connectivity index (χ0v) is 9.36. The predicted molar refractivity (Wildman–Crippen MR) is 63.5 cm³/mol. The van der Waals surface area contributed by atoms with Crippen LogP contribution in [0.5, 0.6) is 5.75 Å². The zero-order chi connectivity index (χ0) is 11.9. The zero-order valence-electron chi connectivity index (χ0n) is 9.36. The van der Waals surface area contributed by atoms with Crippen molar-refractivity contribution in [1.82, 2.24) is 9.97 Å². The van der Waals surface area contributed by atoms with Gasteiger partial charge in [0.25, 0.3) is 0 Å². The van der Waals surface area contributed by atoms with Gasteiger partial charge in [-0.05, 0) is 12.1 Å². The highest BCUT2D eigenvalue weighted by atomic mass is 16.5. The molecular weight excluding hydrogens is 216 g/mol. The lowest BCUT2D eigenvalue weighted by Gasteiger charge is -2.10. The van der Waals surface area contributed by atoms with E-state index in [0.29, 0.717) is 18.7 Å². The molecule has 4 heteroatoms. The number of nitrogens with zero attached hydrogens (tertiary/aromatic N) is 2. The fraction of sp³-hybridized carbons (Fsp3) is 0.231. The summed E-state index contributed by atoms with van der Waals surface area (Å²) in [6.07, 6.45) is 4.57. The number of rotatable bonds is 5. The summed E-state index contributed by atoms with van der Waals surface area (Å²) in [7, 11) is 0. The second kappa shape index (κ2) is 5.96. The fourth-order valence-corrected chi connectivity index (χ4v) is 1.44. The Balaban J connectivity index is 1.79. The van der Waals surface area contributed by atoms with Crippen molar-refractivity contribution in [2.45, 2.75) is 12.5 Å². The Hall–Kier alpha value is -1.94. The second-order valence-electron chi connectivity index (χ2n) is 3.60. The molecule has 17 heavy (non-hydrogen) atoms. The number of aliphatic hydroxyl groups excluding tert-OH is 1. The van der Waals surface area contributed by atoms with Crippen LogP contribution >= 0.6 is 0 Å². The molecule has 0 aliphatic heterocycles. The Bertz CT molecular complexity index is 434. The van der Waals surface area contributed by atoms with Crippen molar-refractivity contribution in [2.24, 2.45) is 0 Å². The van der Waals surface area contributed by atoms with Gasteiger partial charge in [-0.25, -0.2) is 0 Å². The lowest BCUT2D eigenvalue weighted by atomic mass is 10.2. The molecule has 88 valence electrons. The largest absolute Gasteiger partial charge is 0.493 e. The third kappa shape index (κ3) is 3.53. The van der Waals surface area contributed by atoms with Gasteiger partial charge in [0, 0.05) is 18.8 Å². The third-order valence-corrected chi connectivity index (χ3v) is 2.33. The van der Waals surface area contributed by atoms with Crippen molar-refractivity contribution in [3.05, 3.63) is 54.6 Å². The second-order valence-corrected chi connectivity index (χ2v) is 3.60. The van der Waals surface area contributed by atoms with Gasteiger partial charge in [-0.3, -0.25) is 9.97 Å². The average Bonchev–Trinajstić information content (AvgIpc) is 2.41. The van der Waals surface area contributed by atoms with Crippen LogP contribution in [-0.4, -0.2) is 21.7 Å². The summed E-state index contributed by atoms with van der Waals surface area (Å²) in [5, 5.41) is 9.82. The smallest absolute Gasteiger partial charge is 0.119 e. The summed E-state index contributed by atoms with van der Waals surface area (Å²) in [6.45, 7) is 0.446. The molecule has 0 saturated heterocycles. The maximum absolute atomic E-state index is 9.82. The molecule has 0 spiro atoms. The Morgan fingerprint density at radius 1 is 1.18 bits per heavy atom. The Kier molecular flexibility index (Phi) is 4.05. The van der Waals surface area contributed by atoms with Crippen molar-refractivity contribution < 1.29 is 9.84 Å². The van der Waals surface area contributed by atoms with E-state index in [1.54, 1.807) is 18.6 Å². The lowest BCUT2D eigenvalue weighted by Crippen LogP contribution is -2.07. The number of para-hydroxylation sites is 1. The maximum Gasteiger partial charge on any atom is 0.119 e. The van der Waals surface area contributed by atoms with Gasteiger partial charge in [0.1, 0.15) is 11.9 Å². The van der Waals surface area contributed by atoms with Gasteiger partial charge in [-0.2, -0.15) is 0 Å². The van der Waals surface area contributed by atoms with E-state index in [0.717, 1.165) is 5.75 Å². The molecule has 0 aliphatic carbocycles. The molecule has 0 saturated carbocycles. The van der Waals surface area contributed by atoms with E-state index in [9.17, 15) is 5.11 Å². The van der Waals surface area contributed by atoms with Crippen LogP contribution in [0.25, 0.3) is 0 Å². The van der Waals surface area contributed by atoms with Gasteiger partial charge in [-0.1, -0.05) is 18.2 Å². The van der Waals surface area contributed by atoms with Crippen LogP contribution in [-0.2, 0) is 0 Å². The number of benzene rings is 1. The maximum atomic E-state index is 9.82. The first-order valence-electron chi connectivity index (χ1n) is 5.48. The van der Waals surface area contributed by atoms with Crippen molar-refractivity contribution in [3.8, 4) is 5.75 Å². The molecule has 4 nitrogen and oxygen atoms in total. The quantitative estimate of drug-likeness (QED) is 0.853. The minimum Gasteiger partial charge on any atom is -0.493 e. The van der Waals surface area contributed by atoms with Gasteiger partial charge >= 0.3 is 0 Å². The number of hydrogen-bond acceptors (Lipinski definition) is 4. The minimum absolute atomic E-state index is 0.446. The summed E-state index contributed by atoms with van der Waals surface area (Å²) < 4.78 is 5.49. The highest BCUT2D eigenvalue weighted by Gasteiger charge is 2.08. The minimum atomic E-state index is -0.632. The predicted octanol–water partition coefficient (Wildman–Crippen LogP) is 1.98. The normalized spacial score (nSPS) is 12.1. The molecule has 1 heterocycles. The molecule has 0 bridgehead atoms. The van der Waals surface area contributed by atoms with Crippen molar-refractivity contribution >= 4 is 0 Å². The number of ether oxygens (including phenoxy) is 1. The summed E-state index contributed by atoms with van der Waals surface area (Å²) in [5.74, 6) is 0.804. The van der Waals surface area contributed by atoms with E-state index in [1.807, 2.05) is 30.3 Å². The van der Waals surface area contributed by atoms with Crippen LogP contribution in [0.1, 0.15) is 18.2 Å². The molecule has 1 N–H and O–H groups in total. The highest BCUT2D eigenvalue weighted by Crippen LogP contribution is 2.14. The monoisotopic (exact) mass is 230 g/mol. The van der Waals surface area contributed by atoms with Crippen LogP contribution in [0.3, 0.4) is 0 Å². The lowest BCUT2D eigenvalue weighted by molar-refractivity contribution is 0.136. The van der Waals surface area contributed by atoms with Gasteiger partial charge in [-0.15, -0.1) is 0 Å². The SMILES string of the molecule is OC(CCOc1ccccc1)c1cnccn1. The van der Waals surface area contributed by atoms with Crippen LogP contribution in [0.2, 0.25) is 0 Å². The first-order chi connectivity index (χ1) is 8.36. The van der Waals surface area contributed by atoms with Crippen LogP contribution in [0, 0.1) is 0 Å². The Morgan fingerprint density at radius 3 is 2.71 bits per heavy atom. The number of aromatic nitrogens is 2. The average molecular weight is 230 g/mol. The Morgan fingerprint density at radius 2 is 2.00 bits per heavy atom. The Labute approximate surface area is 99.9 Å². The summed E-state index contributed by atoms with van der Waals surface area (Å²) >= 11 is 0. The topological polar surface area (TPSA) is 55.2 Å². The molecule has 2 aromatic rings. The molecule has 1 unspecified atom stereocenters. The van der Waals surface area contributed by atoms with Gasteiger partial charge < -0.3 is 9.84 Å². The van der Waals surface area contributed by atoms with Crippen LogP contribution in [0.4, 0.5) is 0 Å². The van der Waals surface area contributed by atoms with Gasteiger partial charge in [0.15, 0.2) is 0 Å². The summed E-state index contributed by atoms with van der Waals surface area (Å²) in [6, 6.07) is 9.52. The van der Waals surface area contributed by atoms with E-state index in [1.165, 1.54) is 0 Å². The van der Waals surface area contributed by atoms with E-state index in [4.69, 9.17) is 4.74 Å². The highest BCUT2D eigenvalue weighted by molar-refractivity contribution is 5.20. The molecule has 2 rings (SSSR count).